The Kier molecular flexibility index (Phi) is 22.0. The van der Waals surface area contributed by atoms with Crippen LogP contribution in [0, 0.1) is 63.2 Å². The van der Waals surface area contributed by atoms with Crippen LogP contribution in [0.25, 0.3) is 21.8 Å². The van der Waals surface area contributed by atoms with Gasteiger partial charge in [-0.2, -0.15) is 0 Å². The van der Waals surface area contributed by atoms with E-state index >= 15 is 0 Å². The third-order valence-electron chi connectivity index (χ3n) is 11.3. The number of aromatic nitrogens is 2. The van der Waals surface area contributed by atoms with E-state index in [4.69, 9.17) is 0 Å². The van der Waals surface area contributed by atoms with Crippen molar-refractivity contribution in [2.45, 2.75) is 43.0 Å². The van der Waals surface area contributed by atoms with Crippen molar-refractivity contribution in [2.75, 3.05) is 0 Å². The molecule has 0 aliphatic heterocycles. The summed E-state index contributed by atoms with van der Waals surface area (Å²) >= 11 is 0. The molecule has 0 amide bonds. The molecule has 0 N–H and O–H groups in total. The zero-order chi connectivity index (χ0) is 54.1. The molecular formula is C59H46EuN2O12S2+. The number of Topliss-reactive ketones (excluding diaryl/α,β-unsaturated/α-hetero) is 6. The number of nitrogens with zero attached hydrogens (tertiary/aromatic N) is 2. The molecule has 0 fully saturated rings. The number of hydrogen-bond donors (Lipinski definition) is 0. The van der Waals surface area contributed by atoms with Gasteiger partial charge in [-0.1, -0.05) is 194 Å². The first-order valence-electron chi connectivity index (χ1n) is 22.9. The topological polar surface area (TPSA) is 243 Å². The Morgan fingerprint density at radius 3 is 0.921 bits per heavy atom. The first-order valence-corrected chi connectivity index (χ1v) is 25.7. The van der Waals surface area contributed by atoms with Crippen LogP contribution in [0.15, 0.2) is 216 Å². The van der Waals surface area contributed by atoms with Crippen molar-refractivity contribution in [2.24, 2.45) is 0 Å². The van der Waals surface area contributed by atoms with Crippen LogP contribution in [0.3, 0.4) is 0 Å². The number of fused-ring (bicyclic) bond motifs is 3. The summed E-state index contributed by atoms with van der Waals surface area (Å²) in [6.07, 6.45) is 1.26. The minimum Gasteiger partial charge on any atom is -0.744 e. The summed E-state index contributed by atoms with van der Waals surface area (Å²) in [5.41, 5.74) is 4.55. The molecule has 0 saturated carbocycles. The smallest absolute Gasteiger partial charge is 0.744 e. The van der Waals surface area contributed by atoms with Crippen molar-refractivity contribution in [1.82, 2.24) is 9.97 Å². The quantitative estimate of drug-likeness (QED) is 0.0426. The van der Waals surface area contributed by atoms with Crippen molar-refractivity contribution in [3.63, 3.8) is 0 Å². The van der Waals surface area contributed by atoms with Crippen molar-refractivity contribution in [3.8, 4) is 0 Å². The Morgan fingerprint density at radius 2 is 0.658 bits per heavy atom. The summed E-state index contributed by atoms with van der Waals surface area (Å²) in [4.78, 5) is 77.6. The third kappa shape index (κ3) is 16.6. The molecule has 0 unspecified atom stereocenters. The minimum atomic E-state index is -5.28. The maximum atomic E-state index is 11.8. The zero-order valence-electron chi connectivity index (χ0n) is 40.7. The van der Waals surface area contributed by atoms with Crippen LogP contribution in [-0.4, -0.2) is 70.6 Å². The van der Waals surface area contributed by atoms with Gasteiger partial charge in [0.25, 0.3) is 0 Å². The Morgan fingerprint density at radius 1 is 0.382 bits per heavy atom. The summed E-state index contributed by atoms with van der Waals surface area (Å²) < 4.78 is 68.8. The van der Waals surface area contributed by atoms with Crippen molar-refractivity contribution in [3.05, 3.63) is 251 Å². The van der Waals surface area contributed by atoms with E-state index in [9.17, 15) is 54.7 Å². The molecule has 0 spiro atoms. The summed E-state index contributed by atoms with van der Waals surface area (Å²) in [5, 5.41) is -0.385. The van der Waals surface area contributed by atoms with E-state index in [2.05, 4.69) is 9.97 Å². The number of rotatable bonds is 14. The molecule has 9 aromatic rings. The molecular weight excluding hydrogens is 1140 g/mol. The molecule has 0 aliphatic carbocycles. The van der Waals surface area contributed by atoms with Crippen molar-refractivity contribution in [1.29, 1.82) is 0 Å². The Balaban J connectivity index is 0.000000189. The Bertz CT molecular complexity index is 3350. The van der Waals surface area contributed by atoms with Gasteiger partial charge in [-0.05, 0) is 31.0 Å². The van der Waals surface area contributed by atoms with Crippen LogP contribution in [-0.2, 0) is 20.2 Å². The van der Waals surface area contributed by atoms with E-state index < -0.39 is 30.2 Å². The van der Waals surface area contributed by atoms with E-state index in [1.54, 1.807) is 158 Å². The Labute approximate surface area is 480 Å². The maximum Gasteiger partial charge on any atom is 3.00 e. The van der Waals surface area contributed by atoms with Crippen LogP contribution in [0.5, 0.6) is 0 Å². The van der Waals surface area contributed by atoms with Gasteiger partial charge in [0.1, 0.15) is 20.2 Å². The van der Waals surface area contributed by atoms with E-state index in [-0.39, 0.29) is 120 Å². The van der Waals surface area contributed by atoms with E-state index in [1.807, 2.05) is 43.3 Å². The second kappa shape index (κ2) is 28.1. The number of carbonyl (C=O) groups is 6. The molecule has 7 aromatic carbocycles. The van der Waals surface area contributed by atoms with Crippen LogP contribution in [0.2, 0.25) is 0 Å². The van der Waals surface area contributed by atoms with E-state index in [1.165, 1.54) is 19.2 Å². The molecule has 0 radical (unpaired) electrons. The predicted octanol–water partition coefficient (Wildman–Crippen LogP) is 10.6. The SMILES string of the molecule is Cc1ccnc2c1ccc1c(C)c(S(=O)(=O)[O-])c(S(=O)(=O)[O-])nc12.O=C(CC(=O)c1ccccc1)c1ccccc1.O=C(CC(=O)c1ccccc1)c1ccccc1.O=C(CC(=O)c1ccccc1)c1ccccc1.[Eu+3]. The van der Waals surface area contributed by atoms with Crippen LogP contribution >= 0.6 is 0 Å². The zero-order valence-corrected chi connectivity index (χ0v) is 44.8. The minimum absolute atomic E-state index is 0. The standard InChI is InChI=1S/3C15H12O2.C14H12N2O6S2.Eu/c3*16-14(12-7-3-1-4-8-12)11-15(17)13-9-5-2-6-10-13;1-7-5-6-15-11-9(7)3-4-10-8(2)13(23(17,18)19)14(16-12(10)11)24(20,21)22;/h3*1-10H,11H2;3-6H,1-2H3,(H,17,18,19)(H,20,21,22);/q;;;;+3/p-2. The third-order valence-corrected chi connectivity index (χ3v) is 13.2. The summed E-state index contributed by atoms with van der Waals surface area (Å²) in [6, 6.07) is 58.2. The molecule has 2 aromatic heterocycles. The maximum absolute atomic E-state index is 11.8. The van der Waals surface area contributed by atoms with Gasteiger partial charge in [-0.15, -0.1) is 0 Å². The predicted molar refractivity (Wildman–Crippen MR) is 281 cm³/mol. The fourth-order valence-corrected chi connectivity index (χ4v) is 9.39. The molecule has 0 bridgehead atoms. The fraction of sp³-hybridized carbons (Fsp3) is 0.0847. The largest absolute Gasteiger partial charge is 3.00 e. The molecule has 17 heteroatoms. The normalized spacial score (nSPS) is 10.7. The first kappa shape index (κ1) is 59.7. The second-order valence-corrected chi connectivity index (χ2v) is 19.1. The van der Waals surface area contributed by atoms with Gasteiger partial charge in [0, 0.05) is 50.4 Å². The number of ketones is 6. The van der Waals surface area contributed by atoms with E-state index in [0.717, 1.165) is 5.56 Å². The van der Waals surface area contributed by atoms with E-state index in [0.29, 0.717) is 44.3 Å². The fourth-order valence-electron chi connectivity index (χ4n) is 7.45. The van der Waals surface area contributed by atoms with Gasteiger partial charge in [0.05, 0.1) is 35.2 Å². The molecule has 0 saturated heterocycles. The van der Waals surface area contributed by atoms with Crippen LogP contribution in [0.4, 0.5) is 0 Å². The Hall–Kier alpha value is -7.22. The number of benzene rings is 7. The average Bonchev–Trinajstić information content (AvgIpc) is 3.46. The van der Waals surface area contributed by atoms with Gasteiger partial charge < -0.3 is 9.11 Å². The summed E-state index contributed by atoms with van der Waals surface area (Å²) in [6.45, 7) is 3.07. The van der Waals surface area contributed by atoms with Crippen molar-refractivity contribution >= 4 is 76.7 Å². The second-order valence-electron chi connectivity index (χ2n) is 16.5. The first-order chi connectivity index (χ1) is 35.8. The molecule has 14 nitrogen and oxygen atoms in total. The number of aryl methyl sites for hydroxylation is 2. The van der Waals surface area contributed by atoms with Gasteiger partial charge in [-0.3, -0.25) is 33.8 Å². The van der Waals surface area contributed by atoms with Gasteiger partial charge in [-0.25, -0.2) is 21.8 Å². The monoisotopic (exact) mass is 1190 g/mol. The number of hydrogen-bond acceptors (Lipinski definition) is 14. The number of pyridine rings is 2. The summed E-state index contributed by atoms with van der Waals surface area (Å²) in [7, 11) is -10.5. The van der Waals surface area contributed by atoms with Crippen molar-refractivity contribution < 1.29 is 104 Å². The van der Waals surface area contributed by atoms with Gasteiger partial charge in [0.15, 0.2) is 39.7 Å². The molecule has 0 atom stereocenters. The molecule has 0 aliphatic rings. The van der Waals surface area contributed by atoms with Gasteiger partial charge >= 0.3 is 49.4 Å². The van der Waals surface area contributed by atoms with Gasteiger partial charge in [0.2, 0.25) is 0 Å². The van der Waals surface area contributed by atoms with Crippen LogP contribution in [0.1, 0.15) is 92.5 Å². The summed E-state index contributed by atoms with van der Waals surface area (Å²) in [5.74, 6) is -0.836. The number of carbonyl (C=O) groups excluding carboxylic acids is 6. The molecule has 2 heterocycles. The van der Waals surface area contributed by atoms with Crippen LogP contribution < -0.4 is 0 Å². The molecule has 76 heavy (non-hydrogen) atoms. The molecule has 382 valence electrons. The molecule has 9 rings (SSSR count). The average molecular weight is 1190 g/mol.